The number of benzene rings is 1. The maximum absolute atomic E-state index is 12.4. The van der Waals surface area contributed by atoms with Crippen LogP contribution in [0.3, 0.4) is 0 Å². The molecule has 1 aromatic carbocycles. The Labute approximate surface area is 158 Å². The summed E-state index contributed by atoms with van der Waals surface area (Å²) in [5.41, 5.74) is 1.15. The normalized spacial score (nSPS) is 15.3. The molecule has 0 bridgehead atoms. The second-order valence-electron chi connectivity index (χ2n) is 6.85. The average molecular weight is 366 g/mol. The number of aromatic nitrogens is 2. The van der Waals surface area contributed by atoms with Crippen molar-refractivity contribution < 1.29 is 4.79 Å². The first-order valence-corrected chi connectivity index (χ1v) is 10.0. The van der Waals surface area contributed by atoms with Crippen LogP contribution in [-0.4, -0.2) is 33.4 Å². The molecule has 0 N–H and O–H groups in total. The second kappa shape index (κ2) is 7.87. The Morgan fingerprint density at radius 2 is 1.92 bits per heavy atom. The Morgan fingerprint density at radius 3 is 2.65 bits per heavy atom. The van der Waals surface area contributed by atoms with Crippen LogP contribution >= 0.6 is 11.3 Å². The maximum Gasteiger partial charge on any atom is 0.227 e. The van der Waals surface area contributed by atoms with E-state index in [4.69, 9.17) is 0 Å². The van der Waals surface area contributed by atoms with Crippen molar-refractivity contribution in [1.82, 2.24) is 14.5 Å². The molecule has 0 saturated carbocycles. The third kappa shape index (κ3) is 3.88. The predicted molar refractivity (Wildman–Crippen MR) is 105 cm³/mol. The highest BCUT2D eigenvalue weighted by Crippen LogP contribution is 2.24. The Morgan fingerprint density at radius 1 is 1.12 bits per heavy atom. The molecule has 5 heteroatoms. The monoisotopic (exact) mass is 365 g/mol. The summed E-state index contributed by atoms with van der Waals surface area (Å²) in [6.07, 6.45) is 6.60. The molecular formula is C21H23N3OS. The molecule has 1 aliphatic rings. The first kappa shape index (κ1) is 17.0. The van der Waals surface area contributed by atoms with Crippen LogP contribution in [0.5, 0.6) is 0 Å². The summed E-state index contributed by atoms with van der Waals surface area (Å²) in [6, 6.07) is 14.4. The van der Waals surface area contributed by atoms with Crippen molar-refractivity contribution in [2.24, 2.45) is 5.92 Å². The molecule has 3 heterocycles. The number of imidazole rings is 1. The molecule has 0 atom stereocenters. The number of amides is 1. The number of carbonyl (C=O) groups excluding carboxylic acids is 1. The molecule has 134 valence electrons. The van der Waals surface area contributed by atoms with Gasteiger partial charge in [0.15, 0.2) is 0 Å². The summed E-state index contributed by atoms with van der Waals surface area (Å²) in [6.45, 7) is 2.70. The number of piperidine rings is 1. The third-order valence-electron chi connectivity index (χ3n) is 5.08. The number of thiophene rings is 1. The second-order valence-corrected chi connectivity index (χ2v) is 7.88. The topological polar surface area (TPSA) is 38.1 Å². The lowest BCUT2D eigenvalue weighted by molar-refractivity contribution is -0.131. The molecule has 2 aromatic heterocycles. The summed E-state index contributed by atoms with van der Waals surface area (Å²) in [7, 11) is 0. The van der Waals surface area contributed by atoms with E-state index in [1.807, 2.05) is 46.8 Å². The van der Waals surface area contributed by atoms with E-state index in [-0.39, 0.29) is 5.91 Å². The van der Waals surface area contributed by atoms with Crippen molar-refractivity contribution in [2.45, 2.75) is 25.8 Å². The quantitative estimate of drug-likeness (QED) is 0.683. The zero-order valence-electron chi connectivity index (χ0n) is 14.8. The molecule has 1 amide bonds. The lowest BCUT2D eigenvalue weighted by atomic mass is 9.96. The summed E-state index contributed by atoms with van der Waals surface area (Å²) < 4.78 is 2.25. The van der Waals surface area contributed by atoms with Gasteiger partial charge in [0, 0.05) is 42.5 Å². The van der Waals surface area contributed by atoms with E-state index in [1.54, 1.807) is 11.3 Å². The fraction of sp³-hybridized carbons (Fsp3) is 0.333. The zero-order valence-corrected chi connectivity index (χ0v) is 15.6. The van der Waals surface area contributed by atoms with Crippen LogP contribution in [0.2, 0.25) is 0 Å². The lowest BCUT2D eigenvalue weighted by Gasteiger charge is -2.32. The molecule has 1 saturated heterocycles. The third-order valence-corrected chi connectivity index (χ3v) is 5.95. The fourth-order valence-corrected chi connectivity index (χ4v) is 4.32. The van der Waals surface area contributed by atoms with E-state index in [2.05, 4.69) is 27.9 Å². The molecule has 1 fully saturated rings. The molecule has 0 spiro atoms. The number of nitrogens with zero attached hydrogens (tertiary/aromatic N) is 3. The number of carbonyl (C=O) groups is 1. The van der Waals surface area contributed by atoms with Gasteiger partial charge in [-0.25, -0.2) is 4.98 Å². The Balaban J connectivity index is 1.33. The van der Waals surface area contributed by atoms with Gasteiger partial charge < -0.3 is 9.47 Å². The maximum atomic E-state index is 12.4. The summed E-state index contributed by atoms with van der Waals surface area (Å²) in [5.74, 6) is 1.89. The summed E-state index contributed by atoms with van der Waals surface area (Å²) in [5, 5.41) is 2.03. The number of hydrogen-bond donors (Lipinski definition) is 0. The number of hydrogen-bond acceptors (Lipinski definition) is 3. The lowest BCUT2D eigenvalue weighted by Crippen LogP contribution is -2.40. The largest absolute Gasteiger partial charge is 0.342 e. The van der Waals surface area contributed by atoms with Crippen LogP contribution in [-0.2, 0) is 17.8 Å². The van der Waals surface area contributed by atoms with Crippen LogP contribution in [0.25, 0.3) is 11.4 Å². The van der Waals surface area contributed by atoms with E-state index in [0.717, 1.165) is 48.7 Å². The van der Waals surface area contributed by atoms with Gasteiger partial charge in [-0.1, -0.05) is 36.4 Å². The molecule has 26 heavy (non-hydrogen) atoms. The van der Waals surface area contributed by atoms with Gasteiger partial charge in [0.05, 0.1) is 6.42 Å². The van der Waals surface area contributed by atoms with Crippen molar-refractivity contribution >= 4 is 17.2 Å². The van der Waals surface area contributed by atoms with E-state index in [0.29, 0.717) is 12.3 Å². The first-order valence-electron chi connectivity index (χ1n) is 9.16. The van der Waals surface area contributed by atoms with E-state index in [9.17, 15) is 4.79 Å². The minimum atomic E-state index is 0.263. The van der Waals surface area contributed by atoms with Crippen molar-refractivity contribution in [3.63, 3.8) is 0 Å². The predicted octanol–water partition coefficient (Wildman–Crippen LogP) is 4.09. The van der Waals surface area contributed by atoms with E-state index < -0.39 is 0 Å². The van der Waals surface area contributed by atoms with Gasteiger partial charge in [-0.05, 0) is 30.2 Å². The van der Waals surface area contributed by atoms with Crippen LogP contribution in [0.4, 0.5) is 0 Å². The van der Waals surface area contributed by atoms with Gasteiger partial charge in [0.25, 0.3) is 0 Å². The minimum Gasteiger partial charge on any atom is -0.342 e. The average Bonchev–Trinajstić information content (AvgIpc) is 3.35. The Kier molecular flexibility index (Phi) is 5.16. The SMILES string of the molecule is O=C(Cc1cccs1)N1CCC(Cn2ccnc2-c2ccccc2)CC1. The van der Waals surface area contributed by atoms with Crippen LogP contribution < -0.4 is 0 Å². The van der Waals surface area contributed by atoms with Gasteiger partial charge in [0.2, 0.25) is 5.91 Å². The van der Waals surface area contributed by atoms with Crippen LogP contribution in [0, 0.1) is 5.92 Å². The van der Waals surface area contributed by atoms with Crippen LogP contribution in [0.1, 0.15) is 17.7 Å². The highest BCUT2D eigenvalue weighted by Gasteiger charge is 2.23. The van der Waals surface area contributed by atoms with E-state index >= 15 is 0 Å². The molecule has 0 aliphatic carbocycles. The van der Waals surface area contributed by atoms with Gasteiger partial charge in [0.1, 0.15) is 5.82 Å². The molecule has 0 radical (unpaired) electrons. The molecule has 4 rings (SSSR count). The van der Waals surface area contributed by atoms with Gasteiger partial charge in [-0.3, -0.25) is 4.79 Å². The molecular weight excluding hydrogens is 342 g/mol. The van der Waals surface area contributed by atoms with Gasteiger partial charge >= 0.3 is 0 Å². The van der Waals surface area contributed by atoms with Gasteiger partial charge in [-0.15, -0.1) is 11.3 Å². The van der Waals surface area contributed by atoms with Crippen molar-refractivity contribution in [2.75, 3.05) is 13.1 Å². The number of rotatable bonds is 5. The highest BCUT2D eigenvalue weighted by atomic mass is 32.1. The van der Waals surface area contributed by atoms with Gasteiger partial charge in [-0.2, -0.15) is 0 Å². The molecule has 0 unspecified atom stereocenters. The fourth-order valence-electron chi connectivity index (χ4n) is 3.62. The molecule has 4 nitrogen and oxygen atoms in total. The molecule has 1 aliphatic heterocycles. The first-order chi connectivity index (χ1) is 12.8. The Hall–Kier alpha value is -2.40. The minimum absolute atomic E-state index is 0.263. The molecule has 3 aromatic rings. The highest BCUT2D eigenvalue weighted by molar-refractivity contribution is 7.10. The van der Waals surface area contributed by atoms with Crippen molar-refractivity contribution in [3.05, 3.63) is 65.1 Å². The smallest absolute Gasteiger partial charge is 0.227 e. The van der Waals surface area contributed by atoms with E-state index in [1.165, 1.54) is 0 Å². The summed E-state index contributed by atoms with van der Waals surface area (Å²) in [4.78, 5) is 20.2. The zero-order chi connectivity index (χ0) is 17.8. The summed E-state index contributed by atoms with van der Waals surface area (Å²) >= 11 is 1.66. The standard InChI is InChI=1S/C21H23N3OS/c25-20(15-19-7-4-14-26-19)23-11-8-17(9-12-23)16-24-13-10-22-21(24)18-5-2-1-3-6-18/h1-7,10,13-14,17H,8-9,11-12,15-16H2. The van der Waals surface area contributed by atoms with Crippen molar-refractivity contribution in [3.8, 4) is 11.4 Å². The number of likely N-dealkylation sites (tertiary alicyclic amines) is 1. The Bertz CT molecular complexity index is 833. The van der Waals surface area contributed by atoms with Crippen LogP contribution in [0.15, 0.2) is 60.2 Å². The van der Waals surface area contributed by atoms with Crippen molar-refractivity contribution in [1.29, 1.82) is 0 Å².